The van der Waals surface area contributed by atoms with Crippen LogP contribution < -0.4 is 0 Å². The van der Waals surface area contributed by atoms with Gasteiger partial charge in [-0.3, -0.25) is 0 Å². The van der Waals surface area contributed by atoms with Gasteiger partial charge < -0.3 is 0 Å². The van der Waals surface area contributed by atoms with Crippen LogP contribution in [0.25, 0.3) is 0 Å². The summed E-state index contributed by atoms with van der Waals surface area (Å²) in [4.78, 5) is 0. The van der Waals surface area contributed by atoms with E-state index in [0.29, 0.717) is 4.58 Å². The third kappa shape index (κ3) is 2.55. The minimum absolute atomic E-state index is 0.621. The zero-order valence-electron chi connectivity index (χ0n) is 7.35. The van der Waals surface area contributed by atoms with Crippen molar-refractivity contribution in [1.82, 2.24) is 0 Å². The average molecular weight is 208 g/mol. The number of hydrogen-bond acceptors (Lipinski definition) is 2. The molecule has 0 bridgehead atoms. The van der Waals surface area contributed by atoms with Crippen molar-refractivity contribution < 1.29 is 0 Å². The molecule has 0 unspecified atom stereocenters. The molecule has 1 aliphatic rings. The number of thioether (sulfide) groups is 2. The molecule has 13 heavy (non-hydrogen) atoms. The van der Waals surface area contributed by atoms with E-state index in [4.69, 9.17) is 0 Å². The molecule has 0 fully saturated rings. The molecule has 0 saturated carbocycles. The van der Waals surface area contributed by atoms with Crippen molar-refractivity contribution in [2.75, 3.05) is 11.5 Å². The number of rotatable bonds is 1. The first-order valence-electron chi connectivity index (χ1n) is 4.40. The maximum atomic E-state index is 2.26. The van der Waals surface area contributed by atoms with Crippen molar-refractivity contribution in [2.24, 2.45) is 0 Å². The van der Waals surface area contributed by atoms with Gasteiger partial charge in [-0.15, -0.1) is 23.5 Å². The van der Waals surface area contributed by atoms with E-state index in [2.05, 4.69) is 42.5 Å². The summed E-state index contributed by atoms with van der Waals surface area (Å²) in [6.45, 7) is 0. The fourth-order valence-corrected chi connectivity index (χ4v) is 3.67. The summed E-state index contributed by atoms with van der Waals surface area (Å²) < 4.78 is 0.621. The SMILES string of the molecule is C1=CCSC(c2ccccc2)SC1. The molecule has 1 aromatic carbocycles. The Hall–Kier alpha value is -0.340. The van der Waals surface area contributed by atoms with Crippen LogP contribution in [0.3, 0.4) is 0 Å². The van der Waals surface area contributed by atoms with Crippen LogP contribution in [-0.4, -0.2) is 11.5 Å². The second kappa shape index (κ2) is 4.77. The summed E-state index contributed by atoms with van der Waals surface area (Å²) in [5.41, 5.74) is 1.45. The van der Waals surface area contributed by atoms with Gasteiger partial charge in [0.1, 0.15) is 0 Å². The fourth-order valence-electron chi connectivity index (χ4n) is 1.27. The van der Waals surface area contributed by atoms with Crippen molar-refractivity contribution in [2.45, 2.75) is 4.58 Å². The van der Waals surface area contributed by atoms with E-state index < -0.39 is 0 Å². The van der Waals surface area contributed by atoms with Gasteiger partial charge in [0, 0.05) is 11.5 Å². The van der Waals surface area contributed by atoms with Crippen LogP contribution in [0, 0.1) is 0 Å². The molecule has 0 amide bonds. The van der Waals surface area contributed by atoms with Crippen molar-refractivity contribution in [1.29, 1.82) is 0 Å². The molecule has 0 spiro atoms. The molecule has 0 saturated heterocycles. The van der Waals surface area contributed by atoms with Crippen LogP contribution in [0.5, 0.6) is 0 Å². The van der Waals surface area contributed by atoms with Gasteiger partial charge in [0.25, 0.3) is 0 Å². The van der Waals surface area contributed by atoms with Gasteiger partial charge in [0.15, 0.2) is 0 Å². The Labute approximate surface area is 87.8 Å². The van der Waals surface area contributed by atoms with E-state index >= 15 is 0 Å². The normalized spacial score (nSPS) is 18.5. The van der Waals surface area contributed by atoms with Crippen LogP contribution in [0.1, 0.15) is 10.1 Å². The van der Waals surface area contributed by atoms with Gasteiger partial charge in [0.2, 0.25) is 0 Å². The predicted octanol–water partition coefficient (Wildman–Crippen LogP) is 3.72. The standard InChI is InChI=1S/C11H12S2/c1-2-6-10(7-3-1)11-12-8-4-5-9-13-11/h1-7,11H,8-9H2. The summed E-state index contributed by atoms with van der Waals surface area (Å²) >= 11 is 4.03. The lowest BCUT2D eigenvalue weighted by Gasteiger charge is -2.12. The van der Waals surface area contributed by atoms with Gasteiger partial charge in [0.05, 0.1) is 4.58 Å². The minimum Gasteiger partial charge on any atom is -0.139 e. The van der Waals surface area contributed by atoms with Crippen LogP contribution in [0.2, 0.25) is 0 Å². The van der Waals surface area contributed by atoms with Crippen LogP contribution >= 0.6 is 23.5 Å². The molecule has 1 heterocycles. The second-order valence-electron chi connectivity index (χ2n) is 2.88. The van der Waals surface area contributed by atoms with E-state index in [1.165, 1.54) is 5.56 Å². The lowest BCUT2D eigenvalue weighted by Crippen LogP contribution is -1.88. The van der Waals surface area contributed by atoms with Crippen LogP contribution in [0.4, 0.5) is 0 Å². The lowest BCUT2D eigenvalue weighted by atomic mass is 10.2. The Morgan fingerprint density at radius 2 is 1.54 bits per heavy atom. The first kappa shape index (κ1) is 9.22. The van der Waals surface area contributed by atoms with Crippen molar-refractivity contribution >= 4 is 23.5 Å². The zero-order valence-corrected chi connectivity index (χ0v) is 8.98. The van der Waals surface area contributed by atoms with Crippen molar-refractivity contribution in [3.63, 3.8) is 0 Å². The Morgan fingerprint density at radius 1 is 0.923 bits per heavy atom. The summed E-state index contributed by atoms with van der Waals surface area (Å²) in [5.74, 6) is 2.29. The minimum atomic E-state index is 0.621. The molecule has 0 radical (unpaired) electrons. The molecule has 0 N–H and O–H groups in total. The third-order valence-electron chi connectivity index (χ3n) is 1.93. The topological polar surface area (TPSA) is 0 Å². The highest BCUT2D eigenvalue weighted by molar-refractivity contribution is 8.16. The highest BCUT2D eigenvalue weighted by Crippen LogP contribution is 2.40. The zero-order chi connectivity index (χ0) is 8.93. The van der Waals surface area contributed by atoms with Crippen LogP contribution in [0.15, 0.2) is 42.5 Å². The molecule has 0 aliphatic carbocycles. The number of hydrogen-bond donors (Lipinski definition) is 0. The van der Waals surface area contributed by atoms with E-state index in [1.807, 2.05) is 23.5 Å². The first-order chi connectivity index (χ1) is 6.47. The lowest BCUT2D eigenvalue weighted by molar-refractivity contribution is 1.38. The maximum Gasteiger partial charge on any atom is 0.0757 e. The smallest absolute Gasteiger partial charge is 0.0757 e. The van der Waals surface area contributed by atoms with Gasteiger partial charge >= 0.3 is 0 Å². The third-order valence-corrected chi connectivity index (χ3v) is 4.66. The quantitative estimate of drug-likeness (QED) is 0.645. The molecule has 1 aromatic rings. The van der Waals surface area contributed by atoms with E-state index in [0.717, 1.165) is 11.5 Å². The summed E-state index contributed by atoms with van der Waals surface area (Å²) in [6, 6.07) is 10.8. The van der Waals surface area contributed by atoms with Gasteiger partial charge in [-0.1, -0.05) is 42.5 Å². The molecule has 68 valence electrons. The van der Waals surface area contributed by atoms with Gasteiger partial charge in [-0.05, 0) is 5.56 Å². The first-order valence-corrected chi connectivity index (χ1v) is 6.50. The summed E-state index contributed by atoms with van der Waals surface area (Å²) in [5, 5.41) is 0. The molecule has 0 nitrogen and oxygen atoms in total. The monoisotopic (exact) mass is 208 g/mol. The average Bonchev–Trinajstić information content (AvgIpc) is 2.47. The van der Waals surface area contributed by atoms with Gasteiger partial charge in [-0.25, -0.2) is 0 Å². The summed E-state index contributed by atoms with van der Waals surface area (Å²) in [7, 11) is 0. The fraction of sp³-hybridized carbons (Fsp3) is 0.273. The van der Waals surface area contributed by atoms with Crippen molar-refractivity contribution in [3.8, 4) is 0 Å². The highest BCUT2D eigenvalue weighted by atomic mass is 32.2. The second-order valence-corrected chi connectivity index (χ2v) is 5.46. The Morgan fingerprint density at radius 3 is 2.15 bits per heavy atom. The number of benzene rings is 1. The Bertz CT molecular complexity index is 269. The van der Waals surface area contributed by atoms with E-state index in [9.17, 15) is 0 Å². The molecule has 1 aliphatic heterocycles. The molecular weight excluding hydrogens is 196 g/mol. The molecule has 0 atom stereocenters. The molecular formula is C11H12S2. The van der Waals surface area contributed by atoms with Gasteiger partial charge in [-0.2, -0.15) is 0 Å². The Balaban J connectivity index is 2.09. The molecule has 2 rings (SSSR count). The van der Waals surface area contributed by atoms with Crippen molar-refractivity contribution in [3.05, 3.63) is 48.0 Å². The maximum absolute atomic E-state index is 2.26. The van der Waals surface area contributed by atoms with E-state index in [-0.39, 0.29) is 0 Å². The van der Waals surface area contributed by atoms with E-state index in [1.54, 1.807) is 0 Å². The highest BCUT2D eigenvalue weighted by Gasteiger charge is 2.11. The largest absolute Gasteiger partial charge is 0.139 e. The van der Waals surface area contributed by atoms with Crippen LogP contribution in [-0.2, 0) is 0 Å². The molecule has 2 heteroatoms. The summed E-state index contributed by atoms with van der Waals surface area (Å²) in [6.07, 6.45) is 4.53. The Kier molecular flexibility index (Phi) is 3.39. The predicted molar refractivity (Wildman–Crippen MR) is 63.2 cm³/mol. The molecule has 0 aromatic heterocycles.